The number of rotatable bonds is 13. The second-order valence-corrected chi connectivity index (χ2v) is 5.87. The molecule has 1 heterocycles. The van der Waals surface area contributed by atoms with Gasteiger partial charge in [0.15, 0.2) is 0 Å². The molecule has 0 saturated heterocycles. The van der Waals surface area contributed by atoms with Crippen molar-refractivity contribution in [3.8, 4) is 0 Å². The molecule has 0 radical (unpaired) electrons. The van der Waals surface area contributed by atoms with Gasteiger partial charge in [0.2, 0.25) is 0 Å². The molecule has 0 aliphatic rings. The van der Waals surface area contributed by atoms with E-state index in [2.05, 4.69) is 4.98 Å². The summed E-state index contributed by atoms with van der Waals surface area (Å²) in [5.74, 6) is -0.193. The van der Waals surface area contributed by atoms with Crippen LogP contribution in [-0.2, 0) is 16.1 Å². The van der Waals surface area contributed by atoms with E-state index in [9.17, 15) is 14.4 Å². The molecule has 0 fully saturated rings. The number of aromatic nitrogens is 2. The topological polar surface area (TPSA) is 125 Å². The van der Waals surface area contributed by atoms with Crippen LogP contribution >= 0.6 is 0 Å². The molecule has 0 saturated carbocycles. The van der Waals surface area contributed by atoms with Crippen molar-refractivity contribution in [1.82, 2.24) is 9.55 Å². The van der Waals surface area contributed by atoms with Crippen LogP contribution < -0.4 is 16.1 Å². The Balaban J connectivity index is 2.59. The zero-order valence-corrected chi connectivity index (χ0v) is 15.3. The molecule has 9 nitrogen and oxygen atoms in total. The third kappa shape index (κ3) is 7.40. The number of anilines is 1. The van der Waals surface area contributed by atoms with Crippen molar-refractivity contribution in [3.63, 3.8) is 0 Å². The van der Waals surface area contributed by atoms with Gasteiger partial charge in [-0.05, 0) is 19.8 Å². The van der Waals surface area contributed by atoms with Gasteiger partial charge < -0.3 is 19.8 Å². The number of nitrogens with one attached hydrogen (secondary N) is 1. The third-order valence-corrected chi connectivity index (χ3v) is 3.91. The van der Waals surface area contributed by atoms with Gasteiger partial charge in [-0.2, -0.15) is 0 Å². The average molecular weight is 371 g/mol. The van der Waals surface area contributed by atoms with Crippen molar-refractivity contribution in [3.05, 3.63) is 27.0 Å². The molecule has 1 aromatic rings. The van der Waals surface area contributed by atoms with Gasteiger partial charge in [0.05, 0.1) is 19.8 Å². The Morgan fingerprint density at radius 3 is 2.42 bits per heavy atom. The summed E-state index contributed by atoms with van der Waals surface area (Å²) in [6.07, 6.45) is 5.03. The predicted octanol–water partition coefficient (Wildman–Crippen LogP) is -0.159. The van der Waals surface area contributed by atoms with Gasteiger partial charge in [-0.3, -0.25) is 19.1 Å². The lowest BCUT2D eigenvalue weighted by Crippen LogP contribution is -2.38. The van der Waals surface area contributed by atoms with E-state index >= 15 is 0 Å². The minimum atomic E-state index is -0.539. The highest BCUT2D eigenvalue weighted by atomic mass is 16.5. The van der Waals surface area contributed by atoms with Crippen molar-refractivity contribution < 1.29 is 19.7 Å². The molecule has 26 heavy (non-hydrogen) atoms. The summed E-state index contributed by atoms with van der Waals surface area (Å²) in [7, 11) is 0. The highest BCUT2D eigenvalue weighted by Gasteiger charge is 2.12. The number of nitrogens with zero attached hydrogens (tertiary/aromatic N) is 2. The Morgan fingerprint density at radius 2 is 1.81 bits per heavy atom. The number of ether oxygens (including phenoxy) is 1. The van der Waals surface area contributed by atoms with Crippen LogP contribution in [0.1, 0.15) is 39.0 Å². The predicted molar refractivity (Wildman–Crippen MR) is 97.4 cm³/mol. The van der Waals surface area contributed by atoms with Crippen molar-refractivity contribution in [2.24, 2.45) is 0 Å². The number of unbranched alkanes of at least 4 members (excludes halogenated alkanes) is 3. The van der Waals surface area contributed by atoms with Crippen molar-refractivity contribution in [2.75, 3.05) is 37.8 Å². The van der Waals surface area contributed by atoms with E-state index in [1.54, 1.807) is 6.92 Å². The molecule has 0 unspecified atom stereocenters. The van der Waals surface area contributed by atoms with Gasteiger partial charge in [-0.1, -0.05) is 12.8 Å². The zero-order valence-electron chi connectivity index (χ0n) is 15.3. The standard InChI is InChI=1S/C17H29N3O6/c1-2-26-15(23)7-5-3-4-6-8-20-13-14(16(24)18-17(20)25)19(9-11-21)10-12-22/h13,21-22H,2-12H2,1H3,(H,18,24,25). The van der Waals surface area contributed by atoms with E-state index in [0.29, 0.717) is 19.6 Å². The molecule has 1 rings (SSSR count). The summed E-state index contributed by atoms with van der Waals surface area (Å²) in [4.78, 5) is 39.0. The van der Waals surface area contributed by atoms with Crippen molar-refractivity contribution >= 4 is 11.7 Å². The molecular weight excluding hydrogens is 342 g/mol. The van der Waals surface area contributed by atoms with Crippen molar-refractivity contribution in [2.45, 2.75) is 45.6 Å². The first-order valence-electron chi connectivity index (χ1n) is 8.99. The molecule has 9 heteroatoms. The molecule has 0 bridgehead atoms. The van der Waals surface area contributed by atoms with Crippen molar-refractivity contribution in [1.29, 1.82) is 0 Å². The molecule has 0 atom stereocenters. The van der Waals surface area contributed by atoms with Crippen LogP contribution in [0.2, 0.25) is 0 Å². The first kappa shape index (κ1) is 21.9. The van der Waals surface area contributed by atoms with Crippen LogP contribution in [-0.4, -0.2) is 58.6 Å². The maximum absolute atomic E-state index is 12.0. The monoisotopic (exact) mass is 371 g/mol. The SMILES string of the molecule is CCOC(=O)CCCCCCn1cc(N(CCO)CCO)c(=O)[nH]c1=O. The van der Waals surface area contributed by atoms with E-state index in [-0.39, 0.29) is 38.0 Å². The summed E-state index contributed by atoms with van der Waals surface area (Å²) in [5, 5.41) is 18.2. The Hall–Kier alpha value is -2.13. The minimum absolute atomic E-state index is 0.168. The molecule has 0 aliphatic carbocycles. The first-order valence-corrected chi connectivity index (χ1v) is 8.99. The van der Waals surface area contributed by atoms with Gasteiger partial charge in [-0.15, -0.1) is 0 Å². The van der Waals surface area contributed by atoms with Gasteiger partial charge >= 0.3 is 11.7 Å². The van der Waals surface area contributed by atoms with E-state index < -0.39 is 11.2 Å². The lowest BCUT2D eigenvalue weighted by Gasteiger charge is -2.22. The van der Waals surface area contributed by atoms with Gasteiger partial charge in [0, 0.05) is 32.3 Å². The maximum atomic E-state index is 12.0. The number of H-pyrrole nitrogens is 1. The molecule has 3 N–H and O–H groups in total. The van der Waals surface area contributed by atoms with Crippen LogP contribution in [0.3, 0.4) is 0 Å². The summed E-state index contributed by atoms with van der Waals surface area (Å²) >= 11 is 0. The Labute approximate surface area is 152 Å². The van der Waals surface area contributed by atoms with E-state index in [1.807, 2.05) is 0 Å². The van der Waals surface area contributed by atoms with Gasteiger partial charge in [0.1, 0.15) is 5.69 Å². The minimum Gasteiger partial charge on any atom is -0.466 e. The number of carbonyl (C=O) groups is 1. The number of hydrogen-bond donors (Lipinski definition) is 3. The Kier molecular flexibility index (Phi) is 10.3. The van der Waals surface area contributed by atoms with Crippen LogP contribution in [0.15, 0.2) is 15.8 Å². The molecular formula is C17H29N3O6. The largest absolute Gasteiger partial charge is 0.466 e. The summed E-state index contributed by atoms with van der Waals surface area (Å²) in [5.41, 5.74) is -0.782. The highest BCUT2D eigenvalue weighted by molar-refractivity contribution is 5.69. The van der Waals surface area contributed by atoms with Gasteiger partial charge in [-0.25, -0.2) is 4.79 Å². The summed E-state index contributed by atoms with van der Waals surface area (Å²) in [6, 6.07) is 0. The fraction of sp³-hybridized carbons (Fsp3) is 0.706. The molecule has 0 amide bonds. The summed E-state index contributed by atoms with van der Waals surface area (Å²) in [6.45, 7) is 2.65. The number of aliphatic hydroxyl groups excluding tert-OH is 2. The fourth-order valence-corrected chi connectivity index (χ4v) is 2.62. The molecule has 0 aliphatic heterocycles. The van der Waals surface area contributed by atoms with E-state index in [4.69, 9.17) is 14.9 Å². The Morgan fingerprint density at radius 1 is 1.15 bits per heavy atom. The number of aliphatic hydroxyl groups is 2. The fourth-order valence-electron chi connectivity index (χ4n) is 2.62. The van der Waals surface area contributed by atoms with Crippen LogP contribution in [0.5, 0.6) is 0 Å². The molecule has 148 valence electrons. The van der Waals surface area contributed by atoms with Crippen LogP contribution in [0.25, 0.3) is 0 Å². The zero-order chi connectivity index (χ0) is 19.4. The second kappa shape index (κ2) is 12.3. The lowest BCUT2D eigenvalue weighted by molar-refractivity contribution is -0.143. The Bertz CT molecular complexity index is 649. The van der Waals surface area contributed by atoms with Crippen LogP contribution in [0.4, 0.5) is 5.69 Å². The quantitative estimate of drug-likeness (QED) is 0.325. The number of esters is 1. The smallest absolute Gasteiger partial charge is 0.328 e. The number of aryl methyl sites for hydroxylation is 1. The highest BCUT2D eigenvalue weighted by Crippen LogP contribution is 2.08. The number of carbonyl (C=O) groups excluding carboxylic acids is 1. The average Bonchev–Trinajstić information content (AvgIpc) is 2.59. The first-order chi connectivity index (χ1) is 12.5. The maximum Gasteiger partial charge on any atom is 0.328 e. The summed E-state index contributed by atoms with van der Waals surface area (Å²) < 4.78 is 6.28. The molecule has 0 spiro atoms. The normalized spacial score (nSPS) is 10.7. The number of aromatic amines is 1. The van der Waals surface area contributed by atoms with E-state index in [1.165, 1.54) is 15.7 Å². The molecule has 0 aromatic carbocycles. The molecule has 1 aromatic heterocycles. The van der Waals surface area contributed by atoms with Crippen LogP contribution in [0, 0.1) is 0 Å². The van der Waals surface area contributed by atoms with E-state index in [0.717, 1.165) is 25.7 Å². The third-order valence-electron chi connectivity index (χ3n) is 3.91. The lowest BCUT2D eigenvalue weighted by atomic mass is 10.1. The van der Waals surface area contributed by atoms with Gasteiger partial charge in [0.25, 0.3) is 5.56 Å². The second-order valence-electron chi connectivity index (χ2n) is 5.87. The number of hydrogen-bond acceptors (Lipinski definition) is 7.